The van der Waals surface area contributed by atoms with Crippen molar-refractivity contribution in [2.75, 3.05) is 11.1 Å². The molecule has 3 N–H and O–H groups in total. The number of nitrogens with two attached hydrogens (primary N) is 1. The molecule has 98 valence electrons. The fourth-order valence-corrected chi connectivity index (χ4v) is 1.84. The standard InChI is InChI=1S/C14H11N5O/c15-10-3-1-2-9-4-5-11(18-13(9)10)14(20)19-12-6-7-16-8-17-12/h1-8H,15H2,(H,16,17,19,20). The highest BCUT2D eigenvalue weighted by atomic mass is 16.1. The molecular formula is C14H11N5O. The Morgan fingerprint density at radius 2 is 2.05 bits per heavy atom. The van der Waals surface area contributed by atoms with Crippen LogP contribution in [0.2, 0.25) is 0 Å². The van der Waals surface area contributed by atoms with E-state index in [9.17, 15) is 4.79 Å². The van der Waals surface area contributed by atoms with E-state index in [1.807, 2.05) is 18.2 Å². The minimum absolute atomic E-state index is 0.286. The maximum absolute atomic E-state index is 12.1. The number of pyridine rings is 1. The monoisotopic (exact) mass is 265 g/mol. The van der Waals surface area contributed by atoms with Gasteiger partial charge in [0.05, 0.1) is 11.2 Å². The fraction of sp³-hybridized carbons (Fsp3) is 0. The lowest BCUT2D eigenvalue weighted by Gasteiger charge is -2.05. The lowest BCUT2D eigenvalue weighted by atomic mass is 10.1. The number of nitrogens with zero attached hydrogens (tertiary/aromatic N) is 3. The number of nitrogens with one attached hydrogen (secondary N) is 1. The SMILES string of the molecule is Nc1cccc2ccc(C(=O)Nc3ccncn3)nc12. The van der Waals surface area contributed by atoms with E-state index >= 15 is 0 Å². The van der Waals surface area contributed by atoms with Crippen LogP contribution < -0.4 is 11.1 Å². The summed E-state index contributed by atoms with van der Waals surface area (Å²) in [7, 11) is 0. The van der Waals surface area contributed by atoms with Gasteiger partial charge in [-0.05, 0) is 18.2 Å². The maximum atomic E-state index is 12.1. The van der Waals surface area contributed by atoms with E-state index in [4.69, 9.17) is 5.73 Å². The van der Waals surface area contributed by atoms with Gasteiger partial charge in [0.1, 0.15) is 17.8 Å². The van der Waals surface area contributed by atoms with Gasteiger partial charge in [-0.25, -0.2) is 15.0 Å². The zero-order valence-electron chi connectivity index (χ0n) is 10.4. The zero-order chi connectivity index (χ0) is 13.9. The van der Waals surface area contributed by atoms with E-state index in [1.165, 1.54) is 6.33 Å². The molecule has 0 saturated carbocycles. The van der Waals surface area contributed by atoms with Gasteiger partial charge in [-0.15, -0.1) is 0 Å². The molecule has 0 unspecified atom stereocenters. The number of anilines is 2. The van der Waals surface area contributed by atoms with Crippen molar-refractivity contribution in [2.45, 2.75) is 0 Å². The lowest BCUT2D eigenvalue weighted by Crippen LogP contribution is -2.14. The number of para-hydroxylation sites is 1. The summed E-state index contributed by atoms with van der Waals surface area (Å²) in [6.07, 6.45) is 2.91. The third-order valence-corrected chi connectivity index (χ3v) is 2.81. The molecule has 3 rings (SSSR count). The third-order valence-electron chi connectivity index (χ3n) is 2.81. The Labute approximate surface area is 114 Å². The number of amides is 1. The molecular weight excluding hydrogens is 254 g/mol. The highest BCUT2D eigenvalue weighted by Crippen LogP contribution is 2.19. The van der Waals surface area contributed by atoms with Crippen LogP contribution in [0.3, 0.4) is 0 Å². The predicted molar refractivity (Wildman–Crippen MR) is 76.1 cm³/mol. The average molecular weight is 265 g/mol. The number of carbonyl (C=O) groups is 1. The van der Waals surface area contributed by atoms with Gasteiger partial charge in [0.2, 0.25) is 0 Å². The molecule has 2 heterocycles. The summed E-state index contributed by atoms with van der Waals surface area (Å²) in [6, 6.07) is 10.6. The van der Waals surface area contributed by atoms with Crippen LogP contribution in [0.1, 0.15) is 10.5 Å². The van der Waals surface area contributed by atoms with Gasteiger partial charge in [0, 0.05) is 11.6 Å². The first kappa shape index (κ1) is 12.0. The van der Waals surface area contributed by atoms with E-state index in [0.717, 1.165) is 5.39 Å². The second kappa shape index (κ2) is 4.93. The summed E-state index contributed by atoms with van der Waals surface area (Å²) in [5.41, 5.74) is 7.30. The van der Waals surface area contributed by atoms with Crippen LogP contribution in [0.4, 0.5) is 11.5 Å². The molecule has 20 heavy (non-hydrogen) atoms. The van der Waals surface area contributed by atoms with Crippen molar-refractivity contribution in [3.8, 4) is 0 Å². The highest BCUT2D eigenvalue weighted by molar-refractivity contribution is 6.04. The molecule has 0 spiro atoms. The van der Waals surface area contributed by atoms with Gasteiger partial charge in [0.25, 0.3) is 5.91 Å². The van der Waals surface area contributed by atoms with Crippen molar-refractivity contribution in [1.82, 2.24) is 15.0 Å². The summed E-state index contributed by atoms with van der Waals surface area (Å²) in [5, 5.41) is 3.54. The Kier molecular flexibility index (Phi) is 2.96. The van der Waals surface area contributed by atoms with Crippen LogP contribution in [0, 0.1) is 0 Å². The van der Waals surface area contributed by atoms with E-state index in [-0.39, 0.29) is 11.6 Å². The molecule has 1 aromatic carbocycles. The van der Waals surface area contributed by atoms with Crippen LogP contribution >= 0.6 is 0 Å². The van der Waals surface area contributed by atoms with Crippen LogP contribution in [-0.4, -0.2) is 20.9 Å². The molecule has 1 amide bonds. The quantitative estimate of drug-likeness (QED) is 0.690. The Morgan fingerprint density at radius 3 is 2.85 bits per heavy atom. The van der Waals surface area contributed by atoms with Crippen molar-refractivity contribution >= 4 is 28.3 Å². The highest BCUT2D eigenvalue weighted by Gasteiger charge is 2.10. The Morgan fingerprint density at radius 1 is 1.15 bits per heavy atom. The summed E-state index contributed by atoms with van der Waals surface area (Å²) >= 11 is 0. The van der Waals surface area contributed by atoms with Gasteiger partial charge in [-0.2, -0.15) is 0 Å². The average Bonchev–Trinajstić information content (AvgIpc) is 2.48. The third kappa shape index (κ3) is 2.26. The molecule has 0 fully saturated rings. The fourth-order valence-electron chi connectivity index (χ4n) is 1.84. The van der Waals surface area contributed by atoms with Crippen molar-refractivity contribution in [3.05, 3.63) is 54.6 Å². The van der Waals surface area contributed by atoms with Crippen molar-refractivity contribution in [1.29, 1.82) is 0 Å². The second-order valence-electron chi connectivity index (χ2n) is 4.16. The topological polar surface area (TPSA) is 93.8 Å². The first-order chi connectivity index (χ1) is 9.74. The number of benzene rings is 1. The van der Waals surface area contributed by atoms with Gasteiger partial charge >= 0.3 is 0 Å². The molecule has 0 aliphatic heterocycles. The molecule has 0 saturated heterocycles. The van der Waals surface area contributed by atoms with Crippen LogP contribution in [0.5, 0.6) is 0 Å². The molecule has 2 aromatic heterocycles. The van der Waals surface area contributed by atoms with Crippen LogP contribution in [0.15, 0.2) is 48.9 Å². The zero-order valence-corrected chi connectivity index (χ0v) is 10.4. The normalized spacial score (nSPS) is 10.4. The Hall–Kier alpha value is -3.02. The molecule has 0 bridgehead atoms. The number of hydrogen-bond donors (Lipinski definition) is 2. The number of fused-ring (bicyclic) bond motifs is 1. The van der Waals surface area contributed by atoms with Gasteiger partial charge < -0.3 is 11.1 Å². The smallest absolute Gasteiger partial charge is 0.275 e. The van der Waals surface area contributed by atoms with Crippen molar-refractivity contribution in [3.63, 3.8) is 0 Å². The van der Waals surface area contributed by atoms with Crippen molar-refractivity contribution in [2.24, 2.45) is 0 Å². The molecule has 0 radical (unpaired) electrons. The molecule has 6 heteroatoms. The van der Waals surface area contributed by atoms with Gasteiger partial charge in [0.15, 0.2) is 0 Å². The number of hydrogen-bond acceptors (Lipinski definition) is 5. The number of aromatic nitrogens is 3. The predicted octanol–water partition coefficient (Wildman–Crippen LogP) is 1.86. The van der Waals surface area contributed by atoms with E-state index in [0.29, 0.717) is 17.0 Å². The lowest BCUT2D eigenvalue weighted by molar-refractivity contribution is 0.102. The van der Waals surface area contributed by atoms with Gasteiger partial charge in [-0.3, -0.25) is 4.79 Å². The summed E-state index contributed by atoms with van der Waals surface area (Å²) in [6.45, 7) is 0. The first-order valence-corrected chi connectivity index (χ1v) is 5.96. The van der Waals surface area contributed by atoms with Crippen LogP contribution in [-0.2, 0) is 0 Å². The molecule has 0 atom stereocenters. The molecule has 0 aliphatic rings. The number of rotatable bonds is 2. The van der Waals surface area contributed by atoms with E-state index < -0.39 is 0 Å². The summed E-state index contributed by atoms with van der Waals surface area (Å²) in [4.78, 5) is 24.1. The maximum Gasteiger partial charge on any atom is 0.275 e. The molecule has 3 aromatic rings. The van der Waals surface area contributed by atoms with Crippen molar-refractivity contribution < 1.29 is 4.79 Å². The number of nitrogen functional groups attached to an aromatic ring is 1. The Bertz CT molecular complexity index is 773. The van der Waals surface area contributed by atoms with E-state index in [2.05, 4.69) is 20.3 Å². The second-order valence-corrected chi connectivity index (χ2v) is 4.16. The minimum Gasteiger partial charge on any atom is -0.397 e. The summed E-state index contributed by atoms with van der Waals surface area (Å²) < 4.78 is 0. The summed E-state index contributed by atoms with van der Waals surface area (Å²) in [5.74, 6) is 0.0850. The Balaban J connectivity index is 1.94. The first-order valence-electron chi connectivity index (χ1n) is 5.96. The minimum atomic E-state index is -0.339. The van der Waals surface area contributed by atoms with E-state index in [1.54, 1.807) is 24.4 Å². The molecule has 0 aliphatic carbocycles. The van der Waals surface area contributed by atoms with Gasteiger partial charge in [-0.1, -0.05) is 18.2 Å². The van der Waals surface area contributed by atoms with Crippen LogP contribution in [0.25, 0.3) is 10.9 Å². The number of carbonyl (C=O) groups excluding carboxylic acids is 1. The largest absolute Gasteiger partial charge is 0.397 e. The molecule has 6 nitrogen and oxygen atoms in total.